The summed E-state index contributed by atoms with van der Waals surface area (Å²) >= 11 is 0. The molecule has 8 bridgehead atoms. The van der Waals surface area contributed by atoms with Crippen molar-refractivity contribution in [1.29, 1.82) is 0 Å². The summed E-state index contributed by atoms with van der Waals surface area (Å²) in [6, 6.07) is 4.78. The summed E-state index contributed by atoms with van der Waals surface area (Å²) in [6.07, 6.45) is 1.89. The molecule has 7 rings (SSSR count). The van der Waals surface area contributed by atoms with Crippen LogP contribution in [0.1, 0.15) is 55.6 Å². The SMILES string of the molecule is Cc1nc2c3cc(N4CCS(=O)(=O)CC4)c(=O)n(c3n1)CC(=O)NCCCCN1CCC(CC1)C(F)(F)c1cccc(c1F)[C@@H](C)N2. The van der Waals surface area contributed by atoms with Crippen LogP contribution in [0.2, 0.25) is 0 Å². The van der Waals surface area contributed by atoms with Crippen molar-refractivity contribution >= 4 is 38.3 Å². The number of anilines is 2. The highest BCUT2D eigenvalue weighted by Gasteiger charge is 2.45. The van der Waals surface area contributed by atoms with Crippen LogP contribution in [0.4, 0.5) is 24.7 Å². The fourth-order valence-electron chi connectivity index (χ4n) is 6.83. The van der Waals surface area contributed by atoms with E-state index >= 15 is 13.2 Å². The third kappa shape index (κ3) is 6.82. The number of nitrogens with zero attached hydrogens (tertiary/aromatic N) is 5. The minimum atomic E-state index is -3.36. The van der Waals surface area contributed by atoms with Crippen molar-refractivity contribution in [2.24, 2.45) is 5.92 Å². The maximum atomic E-state index is 16.0. The van der Waals surface area contributed by atoms with Gasteiger partial charge in [0.2, 0.25) is 5.91 Å². The number of benzene rings is 1. The van der Waals surface area contributed by atoms with E-state index in [1.54, 1.807) is 24.8 Å². The smallest absolute Gasteiger partial charge is 0.278 e. The molecule has 0 unspecified atom stereocenters. The molecule has 6 heterocycles. The van der Waals surface area contributed by atoms with Gasteiger partial charge in [-0.15, -0.1) is 0 Å². The molecule has 11 nitrogen and oxygen atoms in total. The van der Waals surface area contributed by atoms with Crippen LogP contribution in [-0.4, -0.2) is 84.5 Å². The third-order valence-electron chi connectivity index (χ3n) is 9.56. The maximum absolute atomic E-state index is 16.0. The van der Waals surface area contributed by atoms with Crippen LogP contribution in [0.5, 0.6) is 0 Å². The Kier molecular flexibility index (Phi) is 9.22. The largest absolute Gasteiger partial charge is 0.365 e. The Bertz CT molecular complexity index is 1830. The highest BCUT2D eigenvalue weighted by Crippen LogP contribution is 2.44. The molecule has 47 heavy (non-hydrogen) atoms. The number of rotatable bonds is 1. The predicted molar refractivity (Wildman–Crippen MR) is 173 cm³/mol. The maximum Gasteiger partial charge on any atom is 0.278 e. The van der Waals surface area contributed by atoms with E-state index < -0.39 is 50.6 Å². The topological polar surface area (TPSA) is 130 Å². The number of aryl methyl sites for hydroxylation is 1. The molecule has 0 spiro atoms. The molecule has 2 fully saturated rings. The molecule has 15 heteroatoms. The number of aromatic nitrogens is 3. The van der Waals surface area contributed by atoms with Crippen LogP contribution in [-0.2, 0) is 27.1 Å². The first-order valence-electron chi connectivity index (χ1n) is 16.1. The van der Waals surface area contributed by atoms with Crippen molar-refractivity contribution in [3.05, 3.63) is 57.4 Å². The molecular formula is C32H40F3N7O4S. The predicted octanol–water partition coefficient (Wildman–Crippen LogP) is 3.36. The van der Waals surface area contributed by atoms with Crippen LogP contribution in [0.3, 0.4) is 0 Å². The van der Waals surface area contributed by atoms with Gasteiger partial charge in [-0.3, -0.25) is 14.2 Å². The molecule has 1 atom stereocenters. The molecule has 2 aromatic heterocycles. The summed E-state index contributed by atoms with van der Waals surface area (Å²) < 4.78 is 73.4. The standard InChI is InChI=1S/C32H40F3N7O4S/c1-20-23-6-5-7-25(28(23)33)32(34,35)22-8-12-40(13-9-22)11-4-3-10-36-27(43)19-42-30-24(29(37-20)38-21(2)39-30)18-26(31(42)44)41-14-16-47(45,46)17-15-41/h5-7,18,20,22H,3-4,8-17,19H2,1-2H3,(H,36,43)(H,37,38,39)/t20-/m1/s1. The van der Waals surface area contributed by atoms with Gasteiger partial charge in [-0.1, -0.05) is 18.2 Å². The number of sulfone groups is 1. The van der Waals surface area contributed by atoms with E-state index in [0.29, 0.717) is 38.0 Å². The Hall–Kier alpha value is -3.72. The molecule has 2 saturated heterocycles. The summed E-state index contributed by atoms with van der Waals surface area (Å²) in [6.45, 7) is 5.13. The van der Waals surface area contributed by atoms with Crippen LogP contribution in [0.15, 0.2) is 29.1 Å². The number of amides is 1. The summed E-state index contributed by atoms with van der Waals surface area (Å²) in [4.78, 5) is 39.9. The monoisotopic (exact) mass is 675 g/mol. The second-order valence-corrected chi connectivity index (χ2v) is 15.1. The average Bonchev–Trinajstić information content (AvgIpc) is 3.02. The van der Waals surface area contributed by atoms with Gasteiger partial charge in [0.25, 0.3) is 11.5 Å². The van der Waals surface area contributed by atoms with E-state index in [2.05, 4.69) is 25.5 Å². The van der Waals surface area contributed by atoms with Crippen molar-refractivity contribution in [1.82, 2.24) is 24.8 Å². The van der Waals surface area contributed by atoms with Gasteiger partial charge in [0.1, 0.15) is 35.3 Å². The fourth-order valence-corrected chi connectivity index (χ4v) is 8.03. The van der Waals surface area contributed by atoms with Gasteiger partial charge in [0.15, 0.2) is 9.84 Å². The number of pyridine rings is 1. The Morgan fingerprint density at radius 1 is 1.00 bits per heavy atom. The van der Waals surface area contributed by atoms with Gasteiger partial charge in [-0.2, -0.15) is 0 Å². The highest BCUT2D eigenvalue weighted by atomic mass is 32.2. The second-order valence-electron chi connectivity index (χ2n) is 12.8. The van der Waals surface area contributed by atoms with Crippen LogP contribution >= 0.6 is 0 Å². The quantitative estimate of drug-likeness (QED) is 0.399. The van der Waals surface area contributed by atoms with Crippen LogP contribution in [0, 0.1) is 18.7 Å². The van der Waals surface area contributed by atoms with Gasteiger partial charge < -0.3 is 20.4 Å². The number of nitrogens with one attached hydrogen (secondary N) is 2. The Morgan fingerprint density at radius 2 is 1.72 bits per heavy atom. The van der Waals surface area contributed by atoms with Crippen molar-refractivity contribution in [2.45, 2.75) is 58.0 Å². The van der Waals surface area contributed by atoms with Crippen molar-refractivity contribution < 1.29 is 26.4 Å². The number of hydrogen-bond donors (Lipinski definition) is 2. The summed E-state index contributed by atoms with van der Waals surface area (Å²) in [5.41, 5.74) is -0.760. The normalized spacial score (nSPS) is 25.2. The van der Waals surface area contributed by atoms with Crippen molar-refractivity contribution in [2.75, 3.05) is 61.0 Å². The second kappa shape index (κ2) is 13.1. The van der Waals surface area contributed by atoms with E-state index in [4.69, 9.17) is 0 Å². The zero-order valence-electron chi connectivity index (χ0n) is 26.6. The lowest BCUT2D eigenvalue weighted by Crippen LogP contribution is -2.44. The molecule has 1 aromatic carbocycles. The number of alkyl halides is 2. The third-order valence-corrected chi connectivity index (χ3v) is 11.2. The first kappa shape index (κ1) is 33.2. The lowest BCUT2D eigenvalue weighted by molar-refractivity contribution is -0.121. The lowest BCUT2D eigenvalue weighted by Gasteiger charge is -2.36. The minimum Gasteiger partial charge on any atom is -0.365 e. The number of halogens is 3. The molecule has 0 saturated carbocycles. The first-order chi connectivity index (χ1) is 22.3. The van der Waals surface area contributed by atoms with Crippen molar-refractivity contribution in [3.63, 3.8) is 0 Å². The van der Waals surface area contributed by atoms with Gasteiger partial charge in [0, 0.05) is 31.1 Å². The molecule has 254 valence electrons. The van der Waals surface area contributed by atoms with E-state index in [-0.39, 0.29) is 72.5 Å². The van der Waals surface area contributed by atoms with Gasteiger partial charge in [0.05, 0.1) is 28.5 Å². The van der Waals surface area contributed by atoms with E-state index in [1.165, 1.54) is 16.7 Å². The Morgan fingerprint density at radius 3 is 2.45 bits per heavy atom. The molecule has 4 aliphatic rings. The van der Waals surface area contributed by atoms with Gasteiger partial charge >= 0.3 is 0 Å². The van der Waals surface area contributed by atoms with Crippen LogP contribution in [0.25, 0.3) is 11.0 Å². The Balaban J connectivity index is 1.46. The summed E-state index contributed by atoms with van der Waals surface area (Å²) in [7, 11) is -3.25. The van der Waals surface area contributed by atoms with E-state index in [9.17, 15) is 18.0 Å². The fraction of sp³-hybridized carbons (Fsp3) is 0.562. The molecule has 0 radical (unpaired) electrons. The number of piperidine rings is 1. The summed E-state index contributed by atoms with van der Waals surface area (Å²) in [5, 5.41) is 6.38. The zero-order valence-corrected chi connectivity index (χ0v) is 27.4. The number of carbonyl (C=O) groups excluding carboxylic acids is 1. The van der Waals surface area contributed by atoms with E-state index in [1.807, 2.05) is 0 Å². The molecule has 4 aliphatic heterocycles. The molecule has 2 N–H and O–H groups in total. The Labute approximate surface area is 271 Å². The lowest BCUT2D eigenvalue weighted by atomic mass is 9.85. The van der Waals surface area contributed by atoms with E-state index in [0.717, 1.165) is 12.5 Å². The first-order valence-corrected chi connectivity index (χ1v) is 18.0. The van der Waals surface area contributed by atoms with Gasteiger partial charge in [-0.25, -0.2) is 31.6 Å². The highest BCUT2D eigenvalue weighted by molar-refractivity contribution is 7.91. The van der Waals surface area contributed by atoms with Crippen LogP contribution < -0.4 is 21.1 Å². The number of carbonyl (C=O) groups is 1. The molecule has 1 amide bonds. The summed E-state index contributed by atoms with van der Waals surface area (Å²) in [5.74, 6) is -5.50. The minimum absolute atomic E-state index is 0.0316. The van der Waals surface area contributed by atoms with Gasteiger partial charge in [-0.05, 0) is 65.2 Å². The average molecular weight is 676 g/mol. The number of fused-ring (bicyclic) bond motifs is 9. The molecular weight excluding hydrogens is 635 g/mol. The molecule has 3 aromatic rings. The van der Waals surface area contributed by atoms with Crippen molar-refractivity contribution in [3.8, 4) is 0 Å². The zero-order chi connectivity index (χ0) is 33.5. The number of hydrogen-bond acceptors (Lipinski definition) is 9. The molecule has 0 aliphatic carbocycles.